The van der Waals surface area contributed by atoms with E-state index in [1.54, 1.807) is 18.1 Å². The molecule has 4 nitrogen and oxygen atoms in total. The Morgan fingerprint density at radius 3 is 2.93 bits per heavy atom. The Hall–Kier alpha value is -0.940. The van der Waals surface area contributed by atoms with Crippen molar-refractivity contribution in [1.29, 1.82) is 0 Å². The summed E-state index contributed by atoms with van der Waals surface area (Å²) in [4.78, 5) is 18.1. The first kappa shape index (κ1) is 11.1. The van der Waals surface area contributed by atoms with Gasteiger partial charge in [-0.2, -0.15) is 0 Å². The molecule has 0 aliphatic carbocycles. The summed E-state index contributed by atoms with van der Waals surface area (Å²) in [6.07, 6.45) is 2.46. The van der Waals surface area contributed by atoms with Crippen molar-refractivity contribution in [2.45, 2.75) is 13.3 Å². The maximum atomic E-state index is 11.7. The lowest BCUT2D eigenvalue weighted by Gasteiger charge is -2.14. The van der Waals surface area contributed by atoms with E-state index >= 15 is 0 Å². The van der Waals surface area contributed by atoms with Gasteiger partial charge in [0.1, 0.15) is 4.88 Å². The Morgan fingerprint density at radius 1 is 1.71 bits per heavy atom. The van der Waals surface area contributed by atoms with Gasteiger partial charge in [-0.3, -0.25) is 4.79 Å². The zero-order valence-electron chi connectivity index (χ0n) is 8.49. The molecule has 1 aromatic heterocycles. The summed E-state index contributed by atoms with van der Waals surface area (Å²) < 4.78 is 0. The number of aryl methyl sites for hydroxylation is 1. The van der Waals surface area contributed by atoms with Crippen LogP contribution < -0.4 is 5.73 Å². The summed E-state index contributed by atoms with van der Waals surface area (Å²) in [5, 5.41) is 0.917. The van der Waals surface area contributed by atoms with Crippen LogP contribution in [-0.4, -0.2) is 35.9 Å². The molecule has 0 saturated heterocycles. The van der Waals surface area contributed by atoms with Gasteiger partial charge < -0.3 is 10.6 Å². The predicted molar refractivity (Wildman–Crippen MR) is 57.5 cm³/mol. The monoisotopic (exact) mass is 213 g/mol. The smallest absolute Gasteiger partial charge is 0.265 e. The quantitative estimate of drug-likeness (QED) is 0.807. The third kappa shape index (κ3) is 2.78. The van der Waals surface area contributed by atoms with Gasteiger partial charge >= 0.3 is 0 Å². The van der Waals surface area contributed by atoms with Crippen LogP contribution in [0.4, 0.5) is 0 Å². The topological polar surface area (TPSA) is 59.2 Å². The van der Waals surface area contributed by atoms with Crippen LogP contribution >= 0.6 is 11.3 Å². The highest BCUT2D eigenvalue weighted by Gasteiger charge is 2.13. The van der Waals surface area contributed by atoms with E-state index in [4.69, 9.17) is 5.73 Å². The van der Waals surface area contributed by atoms with E-state index in [9.17, 15) is 4.79 Å². The third-order valence-corrected chi connectivity index (χ3v) is 2.78. The number of hydrogen-bond donors (Lipinski definition) is 1. The summed E-state index contributed by atoms with van der Waals surface area (Å²) >= 11 is 1.42. The molecule has 0 radical (unpaired) electrons. The lowest BCUT2D eigenvalue weighted by molar-refractivity contribution is 0.0799. The Morgan fingerprint density at radius 2 is 2.43 bits per heavy atom. The van der Waals surface area contributed by atoms with Crippen molar-refractivity contribution in [2.24, 2.45) is 5.73 Å². The number of carbonyl (C=O) groups is 1. The summed E-state index contributed by atoms with van der Waals surface area (Å²) in [6, 6.07) is 0. The summed E-state index contributed by atoms with van der Waals surface area (Å²) in [7, 11) is 1.78. The van der Waals surface area contributed by atoms with Crippen molar-refractivity contribution in [3.05, 3.63) is 16.1 Å². The highest BCUT2D eigenvalue weighted by atomic mass is 32.1. The molecule has 14 heavy (non-hydrogen) atoms. The lowest BCUT2D eigenvalue weighted by atomic mass is 10.4. The first-order valence-electron chi connectivity index (χ1n) is 4.53. The minimum Gasteiger partial charge on any atom is -0.341 e. The molecule has 0 saturated carbocycles. The number of nitrogens with two attached hydrogens (primary N) is 1. The molecule has 0 fully saturated rings. The molecule has 1 heterocycles. The fourth-order valence-corrected chi connectivity index (χ4v) is 1.85. The third-order valence-electron chi connectivity index (χ3n) is 1.88. The van der Waals surface area contributed by atoms with Crippen LogP contribution in [-0.2, 0) is 0 Å². The van der Waals surface area contributed by atoms with Gasteiger partial charge in [-0.1, -0.05) is 0 Å². The first-order valence-corrected chi connectivity index (χ1v) is 5.34. The zero-order valence-corrected chi connectivity index (χ0v) is 9.30. The largest absolute Gasteiger partial charge is 0.341 e. The number of hydrogen-bond acceptors (Lipinski definition) is 4. The molecular formula is C9H15N3OS. The van der Waals surface area contributed by atoms with Gasteiger partial charge in [0.05, 0.1) is 11.2 Å². The second-order valence-corrected chi connectivity index (χ2v) is 4.35. The molecule has 1 amide bonds. The Labute approximate surface area is 87.7 Å². The number of amides is 1. The number of carbonyl (C=O) groups excluding carboxylic acids is 1. The number of nitrogens with zero attached hydrogens (tertiary/aromatic N) is 2. The summed E-state index contributed by atoms with van der Waals surface area (Å²) in [5.74, 6) is 0.0315. The van der Waals surface area contributed by atoms with Crippen LogP contribution in [0.2, 0.25) is 0 Å². The molecule has 0 spiro atoms. The molecule has 0 bridgehead atoms. The van der Waals surface area contributed by atoms with Gasteiger partial charge in [0.15, 0.2) is 0 Å². The zero-order chi connectivity index (χ0) is 10.6. The van der Waals surface area contributed by atoms with Gasteiger partial charge in [0.2, 0.25) is 0 Å². The Bertz CT molecular complexity index is 311. The van der Waals surface area contributed by atoms with E-state index in [0.29, 0.717) is 18.0 Å². The lowest BCUT2D eigenvalue weighted by Crippen LogP contribution is -2.28. The number of rotatable bonds is 4. The fourth-order valence-electron chi connectivity index (χ4n) is 1.08. The minimum atomic E-state index is 0.0315. The van der Waals surface area contributed by atoms with Gasteiger partial charge in [0.25, 0.3) is 5.91 Å². The van der Waals surface area contributed by atoms with Crippen LogP contribution in [0.25, 0.3) is 0 Å². The van der Waals surface area contributed by atoms with Crippen molar-refractivity contribution < 1.29 is 4.79 Å². The molecule has 0 aliphatic heterocycles. The van der Waals surface area contributed by atoms with E-state index in [1.807, 2.05) is 6.92 Å². The average Bonchev–Trinajstić information content (AvgIpc) is 2.60. The van der Waals surface area contributed by atoms with Crippen molar-refractivity contribution in [2.75, 3.05) is 20.1 Å². The average molecular weight is 213 g/mol. The summed E-state index contributed by atoms with van der Waals surface area (Å²) in [6.45, 7) is 3.20. The maximum Gasteiger partial charge on any atom is 0.265 e. The maximum absolute atomic E-state index is 11.7. The highest BCUT2D eigenvalue weighted by molar-refractivity contribution is 7.13. The molecule has 0 unspecified atom stereocenters. The van der Waals surface area contributed by atoms with Gasteiger partial charge in [-0.15, -0.1) is 11.3 Å². The van der Waals surface area contributed by atoms with Crippen molar-refractivity contribution >= 4 is 17.2 Å². The van der Waals surface area contributed by atoms with Crippen molar-refractivity contribution in [3.63, 3.8) is 0 Å². The van der Waals surface area contributed by atoms with Crippen LogP contribution in [0.5, 0.6) is 0 Å². The molecule has 78 valence electrons. The van der Waals surface area contributed by atoms with Crippen LogP contribution in [0.1, 0.15) is 21.1 Å². The fraction of sp³-hybridized carbons (Fsp3) is 0.556. The Balaban J connectivity index is 2.56. The number of aromatic nitrogens is 1. The SMILES string of the molecule is Cc1ncc(C(=O)N(C)CCCN)s1. The van der Waals surface area contributed by atoms with Crippen molar-refractivity contribution in [3.8, 4) is 0 Å². The van der Waals surface area contributed by atoms with Crippen LogP contribution in [0.3, 0.4) is 0 Å². The first-order chi connectivity index (χ1) is 6.65. The van der Waals surface area contributed by atoms with E-state index in [2.05, 4.69) is 4.98 Å². The van der Waals surface area contributed by atoms with E-state index in [0.717, 1.165) is 11.4 Å². The van der Waals surface area contributed by atoms with Crippen LogP contribution in [0, 0.1) is 6.92 Å². The van der Waals surface area contributed by atoms with Crippen molar-refractivity contribution in [1.82, 2.24) is 9.88 Å². The highest BCUT2D eigenvalue weighted by Crippen LogP contribution is 2.13. The molecular weight excluding hydrogens is 198 g/mol. The Kier molecular flexibility index (Phi) is 4.03. The molecule has 1 aromatic rings. The molecule has 0 aliphatic rings. The van der Waals surface area contributed by atoms with Gasteiger partial charge in [0, 0.05) is 13.6 Å². The normalized spacial score (nSPS) is 10.2. The molecule has 0 atom stereocenters. The van der Waals surface area contributed by atoms with E-state index in [1.165, 1.54) is 11.3 Å². The molecule has 0 aromatic carbocycles. The standard InChI is InChI=1S/C9H15N3OS/c1-7-11-6-8(14-7)9(13)12(2)5-3-4-10/h6H,3-5,10H2,1-2H3. The van der Waals surface area contributed by atoms with E-state index in [-0.39, 0.29) is 5.91 Å². The minimum absolute atomic E-state index is 0.0315. The number of thiazole rings is 1. The van der Waals surface area contributed by atoms with Gasteiger partial charge in [-0.05, 0) is 19.9 Å². The van der Waals surface area contributed by atoms with E-state index < -0.39 is 0 Å². The summed E-state index contributed by atoms with van der Waals surface area (Å²) in [5.41, 5.74) is 5.37. The molecule has 5 heteroatoms. The van der Waals surface area contributed by atoms with Gasteiger partial charge in [-0.25, -0.2) is 4.98 Å². The molecule has 1 rings (SSSR count). The molecule has 2 N–H and O–H groups in total. The predicted octanol–water partition coefficient (Wildman–Crippen LogP) is 0.872. The second-order valence-electron chi connectivity index (χ2n) is 3.11. The second kappa shape index (κ2) is 5.07. The van der Waals surface area contributed by atoms with Crippen LogP contribution in [0.15, 0.2) is 6.20 Å².